The van der Waals surface area contributed by atoms with Gasteiger partial charge >= 0.3 is 0 Å². The van der Waals surface area contributed by atoms with E-state index >= 15 is 0 Å². The molecule has 0 aromatic heterocycles. The lowest BCUT2D eigenvalue weighted by Gasteiger charge is -2.25. The van der Waals surface area contributed by atoms with Crippen LogP contribution in [0.2, 0.25) is 0 Å². The molecule has 2 nitrogen and oxygen atoms in total. The first kappa shape index (κ1) is 11.9. The van der Waals surface area contributed by atoms with Gasteiger partial charge in [-0.1, -0.05) is 27.7 Å². The van der Waals surface area contributed by atoms with Crippen LogP contribution in [0.25, 0.3) is 0 Å². The highest BCUT2D eigenvalue weighted by molar-refractivity contribution is 4.63. The molecule has 1 atom stereocenters. The molecule has 0 aliphatic rings. The number of rotatable bonds is 6. The van der Waals surface area contributed by atoms with Gasteiger partial charge in [0, 0.05) is 13.1 Å². The molecular weight excluding hydrogens is 148 g/mol. The number of hydrogen-bond acceptors (Lipinski definition) is 2. The third-order valence-corrected chi connectivity index (χ3v) is 2.04. The minimum Gasteiger partial charge on any atom is -0.330 e. The van der Waals surface area contributed by atoms with E-state index < -0.39 is 0 Å². The SMILES string of the molecule is CCN(CC(C)C)CC(C)CN. The van der Waals surface area contributed by atoms with Crippen LogP contribution < -0.4 is 5.73 Å². The van der Waals surface area contributed by atoms with Crippen molar-refractivity contribution in [3.05, 3.63) is 0 Å². The minimum absolute atomic E-state index is 0.628. The molecule has 0 aromatic carbocycles. The standard InChI is InChI=1S/C10H24N2/c1-5-12(7-9(2)3)8-10(4)6-11/h9-10H,5-8,11H2,1-4H3. The Hall–Kier alpha value is -0.0800. The van der Waals surface area contributed by atoms with Gasteiger partial charge in [0.05, 0.1) is 0 Å². The molecule has 0 rings (SSSR count). The fourth-order valence-corrected chi connectivity index (χ4v) is 1.36. The molecular formula is C10H24N2. The highest BCUT2D eigenvalue weighted by Crippen LogP contribution is 2.02. The van der Waals surface area contributed by atoms with E-state index in [1.807, 2.05) is 0 Å². The van der Waals surface area contributed by atoms with Crippen LogP contribution in [0.5, 0.6) is 0 Å². The largest absolute Gasteiger partial charge is 0.330 e. The smallest absolute Gasteiger partial charge is 0.00191 e. The van der Waals surface area contributed by atoms with Crippen LogP contribution in [0, 0.1) is 11.8 Å². The third kappa shape index (κ3) is 5.56. The Balaban J connectivity index is 3.66. The zero-order chi connectivity index (χ0) is 9.56. The molecule has 0 bridgehead atoms. The molecule has 2 N–H and O–H groups in total. The summed E-state index contributed by atoms with van der Waals surface area (Å²) in [6.45, 7) is 13.2. The molecule has 0 aliphatic heterocycles. The van der Waals surface area contributed by atoms with E-state index in [0.29, 0.717) is 5.92 Å². The molecule has 0 aliphatic carbocycles. The average molecular weight is 172 g/mol. The zero-order valence-electron chi connectivity index (χ0n) is 9.01. The van der Waals surface area contributed by atoms with Gasteiger partial charge in [-0.25, -0.2) is 0 Å². The number of nitrogens with two attached hydrogens (primary N) is 1. The van der Waals surface area contributed by atoms with Crippen molar-refractivity contribution in [2.45, 2.75) is 27.7 Å². The van der Waals surface area contributed by atoms with Crippen molar-refractivity contribution >= 4 is 0 Å². The normalized spacial score (nSPS) is 14.2. The molecule has 0 spiro atoms. The second-order valence-corrected chi connectivity index (χ2v) is 4.09. The predicted molar refractivity (Wildman–Crippen MR) is 55.2 cm³/mol. The Morgan fingerprint density at radius 2 is 1.75 bits per heavy atom. The Morgan fingerprint density at radius 3 is 2.08 bits per heavy atom. The fraction of sp³-hybridized carbons (Fsp3) is 1.00. The highest BCUT2D eigenvalue weighted by atomic mass is 15.1. The molecule has 0 saturated heterocycles. The lowest BCUT2D eigenvalue weighted by atomic mass is 10.1. The summed E-state index contributed by atoms with van der Waals surface area (Å²) in [4.78, 5) is 2.47. The molecule has 0 heterocycles. The van der Waals surface area contributed by atoms with Crippen molar-refractivity contribution in [3.63, 3.8) is 0 Å². The van der Waals surface area contributed by atoms with Gasteiger partial charge in [-0.05, 0) is 24.9 Å². The van der Waals surface area contributed by atoms with Gasteiger partial charge in [0.1, 0.15) is 0 Å². The van der Waals surface area contributed by atoms with E-state index in [1.165, 1.54) is 6.54 Å². The van der Waals surface area contributed by atoms with Crippen LogP contribution in [-0.4, -0.2) is 31.1 Å². The molecule has 0 radical (unpaired) electrons. The van der Waals surface area contributed by atoms with Gasteiger partial charge < -0.3 is 10.6 Å². The first-order chi connectivity index (χ1) is 5.60. The van der Waals surface area contributed by atoms with E-state index in [4.69, 9.17) is 5.73 Å². The van der Waals surface area contributed by atoms with Gasteiger partial charge in [-0.15, -0.1) is 0 Å². The Kier molecular flexibility index (Phi) is 6.39. The molecule has 0 amide bonds. The number of nitrogens with zero attached hydrogens (tertiary/aromatic N) is 1. The topological polar surface area (TPSA) is 29.3 Å². The van der Waals surface area contributed by atoms with E-state index in [1.54, 1.807) is 0 Å². The van der Waals surface area contributed by atoms with Crippen molar-refractivity contribution in [2.24, 2.45) is 17.6 Å². The maximum atomic E-state index is 5.58. The summed E-state index contributed by atoms with van der Waals surface area (Å²) >= 11 is 0. The summed E-state index contributed by atoms with van der Waals surface area (Å²) in [6.07, 6.45) is 0. The summed E-state index contributed by atoms with van der Waals surface area (Å²) in [5, 5.41) is 0. The van der Waals surface area contributed by atoms with E-state index in [-0.39, 0.29) is 0 Å². The third-order valence-electron chi connectivity index (χ3n) is 2.04. The Labute approximate surface area is 77.1 Å². The molecule has 74 valence electrons. The molecule has 12 heavy (non-hydrogen) atoms. The first-order valence-corrected chi connectivity index (χ1v) is 5.02. The second kappa shape index (κ2) is 6.44. The lowest BCUT2D eigenvalue weighted by molar-refractivity contribution is 0.226. The van der Waals surface area contributed by atoms with Crippen LogP contribution in [0.1, 0.15) is 27.7 Å². The van der Waals surface area contributed by atoms with Crippen molar-refractivity contribution in [2.75, 3.05) is 26.2 Å². The lowest BCUT2D eigenvalue weighted by Crippen LogP contribution is -2.34. The molecule has 2 heteroatoms. The van der Waals surface area contributed by atoms with Gasteiger partial charge in [-0.2, -0.15) is 0 Å². The van der Waals surface area contributed by atoms with Crippen LogP contribution in [0.15, 0.2) is 0 Å². The van der Waals surface area contributed by atoms with Crippen LogP contribution in [0.4, 0.5) is 0 Å². The zero-order valence-corrected chi connectivity index (χ0v) is 9.01. The molecule has 0 fully saturated rings. The molecule has 0 saturated carbocycles. The van der Waals surface area contributed by atoms with Crippen molar-refractivity contribution in [1.29, 1.82) is 0 Å². The van der Waals surface area contributed by atoms with Crippen molar-refractivity contribution < 1.29 is 0 Å². The van der Waals surface area contributed by atoms with Gasteiger partial charge in [0.25, 0.3) is 0 Å². The predicted octanol–water partition coefficient (Wildman–Crippen LogP) is 1.56. The fourth-order valence-electron chi connectivity index (χ4n) is 1.36. The van der Waals surface area contributed by atoms with E-state index in [9.17, 15) is 0 Å². The van der Waals surface area contributed by atoms with Crippen molar-refractivity contribution in [3.8, 4) is 0 Å². The molecule has 1 unspecified atom stereocenters. The Morgan fingerprint density at radius 1 is 1.17 bits per heavy atom. The summed E-state index contributed by atoms with van der Waals surface area (Å²) in [6, 6.07) is 0. The molecule has 0 aromatic rings. The van der Waals surface area contributed by atoms with Gasteiger partial charge in [0.2, 0.25) is 0 Å². The maximum absolute atomic E-state index is 5.58. The highest BCUT2D eigenvalue weighted by Gasteiger charge is 2.08. The second-order valence-electron chi connectivity index (χ2n) is 4.09. The summed E-state index contributed by atoms with van der Waals surface area (Å²) in [7, 11) is 0. The van der Waals surface area contributed by atoms with E-state index in [2.05, 4.69) is 32.6 Å². The quantitative estimate of drug-likeness (QED) is 0.659. The van der Waals surface area contributed by atoms with Gasteiger partial charge in [-0.3, -0.25) is 0 Å². The summed E-state index contributed by atoms with van der Waals surface area (Å²) in [5.41, 5.74) is 5.58. The maximum Gasteiger partial charge on any atom is 0.00191 e. The monoisotopic (exact) mass is 172 g/mol. The van der Waals surface area contributed by atoms with Gasteiger partial charge in [0.15, 0.2) is 0 Å². The Bertz CT molecular complexity index is 102. The van der Waals surface area contributed by atoms with Crippen LogP contribution in [-0.2, 0) is 0 Å². The minimum atomic E-state index is 0.628. The van der Waals surface area contributed by atoms with Crippen LogP contribution in [0.3, 0.4) is 0 Å². The van der Waals surface area contributed by atoms with Crippen LogP contribution >= 0.6 is 0 Å². The summed E-state index contributed by atoms with van der Waals surface area (Å²) in [5.74, 6) is 1.39. The first-order valence-electron chi connectivity index (χ1n) is 5.02. The van der Waals surface area contributed by atoms with E-state index in [0.717, 1.165) is 25.6 Å². The van der Waals surface area contributed by atoms with Crippen molar-refractivity contribution in [1.82, 2.24) is 4.90 Å². The summed E-state index contributed by atoms with van der Waals surface area (Å²) < 4.78 is 0. The number of hydrogen-bond donors (Lipinski definition) is 1. The average Bonchev–Trinajstić information content (AvgIpc) is 2.02.